The number of carbonyl (C=O) groups is 1. The largest absolute Gasteiger partial charge is 0.348 e. The fourth-order valence-corrected chi connectivity index (χ4v) is 1.92. The van der Waals surface area contributed by atoms with Gasteiger partial charge in [-0.3, -0.25) is 9.69 Å². The molecule has 3 N–H and O–H groups in total. The van der Waals surface area contributed by atoms with Crippen molar-refractivity contribution in [1.29, 1.82) is 0 Å². The standard InChI is InChI=1S/C14H28N6O.2ClH/c1-10(2)14(4,9-15)16-13(21)8-19(5)7-12-18-17-11(3)20(12)6;;/h10H,7-9,15H2,1-6H3,(H,16,21);2*1H. The zero-order chi connectivity index (χ0) is 16.2. The molecule has 0 aliphatic carbocycles. The molecule has 0 saturated heterocycles. The zero-order valence-electron chi connectivity index (χ0n) is 14.8. The number of carbonyl (C=O) groups excluding carboxylic acids is 1. The molecule has 0 bridgehead atoms. The molecule has 1 atom stereocenters. The van der Waals surface area contributed by atoms with Crippen molar-refractivity contribution in [3.8, 4) is 0 Å². The highest BCUT2D eigenvalue weighted by atomic mass is 35.5. The van der Waals surface area contributed by atoms with Crippen LogP contribution in [0.4, 0.5) is 0 Å². The van der Waals surface area contributed by atoms with Gasteiger partial charge in [-0.15, -0.1) is 35.0 Å². The van der Waals surface area contributed by atoms with Crippen LogP contribution < -0.4 is 11.1 Å². The fourth-order valence-electron chi connectivity index (χ4n) is 1.92. The minimum absolute atomic E-state index is 0. The first kappa shape index (κ1) is 24.4. The lowest BCUT2D eigenvalue weighted by Gasteiger charge is -2.34. The average molecular weight is 369 g/mol. The van der Waals surface area contributed by atoms with Gasteiger partial charge in [0.25, 0.3) is 0 Å². The second-order valence-corrected chi connectivity index (χ2v) is 6.22. The Hall–Kier alpha value is -0.890. The molecule has 0 fully saturated rings. The molecule has 1 unspecified atom stereocenters. The number of likely N-dealkylation sites (N-methyl/N-ethyl adjacent to an activating group) is 1. The highest BCUT2D eigenvalue weighted by Gasteiger charge is 2.28. The summed E-state index contributed by atoms with van der Waals surface area (Å²) in [6, 6.07) is 0. The molecule has 9 heteroatoms. The van der Waals surface area contributed by atoms with E-state index in [-0.39, 0.29) is 42.2 Å². The average Bonchev–Trinajstić information content (AvgIpc) is 2.70. The molecular formula is C14H30Cl2N6O. The van der Waals surface area contributed by atoms with Crippen LogP contribution >= 0.6 is 24.8 Å². The van der Waals surface area contributed by atoms with Gasteiger partial charge >= 0.3 is 0 Å². The minimum Gasteiger partial charge on any atom is -0.348 e. The summed E-state index contributed by atoms with van der Waals surface area (Å²) in [5.41, 5.74) is 5.41. The van der Waals surface area contributed by atoms with Gasteiger partial charge in [0, 0.05) is 13.6 Å². The highest BCUT2D eigenvalue weighted by molar-refractivity contribution is 5.85. The van der Waals surface area contributed by atoms with E-state index in [4.69, 9.17) is 5.73 Å². The normalized spacial score (nSPS) is 13.3. The van der Waals surface area contributed by atoms with E-state index < -0.39 is 0 Å². The quantitative estimate of drug-likeness (QED) is 0.745. The van der Waals surface area contributed by atoms with Gasteiger partial charge in [0.15, 0.2) is 0 Å². The third kappa shape index (κ3) is 6.63. The summed E-state index contributed by atoms with van der Waals surface area (Å²) in [5.74, 6) is 1.95. The van der Waals surface area contributed by atoms with Crippen LogP contribution in [0.2, 0.25) is 0 Å². The molecule has 0 aromatic carbocycles. The van der Waals surface area contributed by atoms with Crippen molar-refractivity contribution in [3.05, 3.63) is 11.6 Å². The van der Waals surface area contributed by atoms with Crippen molar-refractivity contribution < 1.29 is 4.79 Å². The Bertz CT molecular complexity index is 494. The lowest BCUT2D eigenvalue weighted by atomic mass is 9.88. The number of rotatable bonds is 7. The van der Waals surface area contributed by atoms with Gasteiger partial charge in [-0.2, -0.15) is 0 Å². The van der Waals surface area contributed by atoms with Crippen LogP contribution in [0.5, 0.6) is 0 Å². The van der Waals surface area contributed by atoms with Crippen LogP contribution in [0.25, 0.3) is 0 Å². The van der Waals surface area contributed by atoms with E-state index in [1.807, 2.05) is 37.4 Å². The third-order valence-electron chi connectivity index (χ3n) is 4.13. The lowest BCUT2D eigenvalue weighted by Crippen LogP contribution is -2.56. The topological polar surface area (TPSA) is 89.1 Å². The minimum atomic E-state index is -0.376. The lowest BCUT2D eigenvalue weighted by molar-refractivity contribution is -0.124. The number of aromatic nitrogens is 3. The second-order valence-electron chi connectivity index (χ2n) is 6.22. The summed E-state index contributed by atoms with van der Waals surface area (Å²) in [6.07, 6.45) is 0. The third-order valence-corrected chi connectivity index (χ3v) is 4.13. The molecule has 1 aromatic rings. The molecule has 1 aromatic heterocycles. The number of nitrogens with one attached hydrogen (secondary N) is 1. The Morgan fingerprint density at radius 2 is 1.96 bits per heavy atom. The van der Waals surface area contributed by atoms with E-state index in [0.717, 1.165) is 11.6 Å². The van der Waals surface area contributed by atoms with Crippen LogP contribution in [0.15, 0.2) is 0 Å². The van der Waals surface area contributed by atoms with Crippen molar-refractivity contribution in [2.75, 3.05) is 20.1 Å². The van der Waals surface area contributed by atoms with Gasteiger partial charge in [-0.25, -0.2) is 0 Å². The number of aryl methyl sites for hydroxylation is 1. The Kier molecular flexibility index (Phi) is 10.7. The molecule has 1 heterocycles. The van der Waals surface area contributed by atoms with Gasteiger partial charge < -0.3 is 15.6 Å². The molecule has 0 spiro atoms. The van der Waals surface area contributed by atoms with Crippen LogP contribution in [0.3, 0.4) is 0 Å². The van der Waals surface area contributed by atoms with Gasteiger partial charge in [-0.1, -0.05) is 13.8 Å². The summed E-state index contributed by atoms with van der Waals surface area (Å²) < 4.78 is 1.92. The first-order valence-electron chi connectivity index (χ1n) is 7.24. The predicted molar refractivity (Wildman–Crippen MR) is 97.0 cm³/mol. The molecule has 1 rings (SSSR count). The summed E-state index contributed by atoms with van der Waals surface area (Å²) in [4.78, 5) is 14.1. The molecule has 136 valence electrons. The molecule has 7 nitrogen and oxygen atoms in total. The van der Waals surface area contributed by atoms with E-state index in [0.29, 0.717) is 19.6 Å². The first-order chi connectivity index (χ1) is 9.69. The van der Waals surface area contributed by atoms with E-state index in [2.05, 4.69) is 29.4 Å². The number of halogens is 2. The molecule has 0 saturated carbocycles. The molecule has 0 aliphatic heterocycles. The number of hydrogen-bond acceptors (Lipinski definition) is 5. The van der Waals surface area contributed by atoms with Crippen LogP contribution in [0.1, 0.15) is 32.4 Å². The summed E-state index contributed by atoms with van der Waals surface area (Å²) in [6.45, 7) is 9.28. The van der Waals surface area contributed by atoms with Crippen molar-refractivity contribution in [2.24, 2.45) is 18.7 Å². The Balaban J connectivity index is 0. The number of hydrogen-bond donors (Lipinski definition) is 2. The van der Waals surface area contributed by atoms with Crippen molar-refractivity contribution in [2.45, 2.75) is 39.8 Å². The molecule has 0 radical (unpaired) electrons. The SMILES string of the molecule is Cc1nnc(CN(C)CC(=O)NC(C)(CN)C(C)C)n1C.Cl.Cl. The maximum Gasteiger partial charge on any atom is 0.234 e. The molecular weight excluding hydrogens is 339 g/mol. The number of nitrogens with zero attached hydrogens (tertiary/aromatic N) is 4. The highest BCUT2D eigenvalue weighted by Crippen LogP contribution is 2.14. The summed E-state index contributed by atoms with van der Waals surface area (Å²) in [5, 5.41) is 11.1. The maximum atomic E-state index is 12.2. The van der Waals surface area contributed by atoms with Crippen molar-refractivity contribution >= 4 is 30.7 Å². The van der Waals surface area contributed by atoms with Gasteiger partial charge in [0.05, 0.1) is 18.6 Å². The van der Waals surface area contributed by atoms with Crippen molar-refractivity contribution in [3.63, 3.8) is 0 Å². The van der Waals surface area contributed by atoms with Gasteiger partial charge in [0.2, 0.25) is 5.91 Å². The van der Waals surface area contributed by atoms with Crippen LogP contribution in [-0.4, -0.2) is 51.2 Å². The van der Waals surface area contributed by atoms with E-state index in [1.54, 1.807) is 0 Å². The van der Waals surface area contributed by atoms with Crippen LogP contribution in [0, 0.1) is 12.8 Å². The molecule has 1 amide bonds. The summed E-state index contributed by atoms with van der Waals surface area (Å²) >= 11 is 0. The van der Waals surface area contributed by atoms with Gasteiger partial charge in [-0.05, 0) is 26.8 Å². The number of amides is 1. The van der Waals surface area contributed by atoms with E-state index in [9.17, 15) is 4.79 Å². The Morgan fingerprint density at radius 3 is 2.35 bits per heavy atom. The maximum absolute atomic E-state index is 12.2. The smallest absolute Gasteiger partial charge is 0.234 e. The van der Waals surface area contributed by atoms with E-state index >= 15 is 0 Å². The van der Waals surface area contributed by atoms with E-state index in [1.165, 1.54) is 0 Å². The zero-order valence-corrected chi connectivity index (χ0v) is 16.4. The second kappa shape index (κ2) is 10.1. The van der Waals surface area contributed by atoms with Crippen molar-refractivity contribution in [1.82, 2.24) is 25.0 Å². The van der Waals surface area contributed by atoms with Crippen LogP contribution in [-0.2, 0) is 18.4 Å². The Morgan fingerprint density at radius 1 is 1.39 bits per heavy atom. The molecule has 23 heavy (non-hydrogen) atoms. The predicted octanol–water partition coefficient (Wildman–Crippen LogP) is 0.889. The fraction of sp³-hybridized carbons (Fsp3) is 0.786. The van der Waals surface area contributed by atoms with Gasteiger partial charge in [0.1, 0.15) is 11.6 Å². The monoisotopic (exact) mass is 368 g/mol. The Labute approximate surface area is 151 Å². The first-order valence-corrected chi connectivity index (χ1v) is 7.24. The molecule has 0 aliphatic rings. The summed E-state index contributed by atoms with van der Waals surface area (Å²) in [7, 11) is 3.81. The number of nitrogens with two attached hydrogens (primary N) is 1.